The third kappa shape index (κ3) is 2.99. The van der Waals surface area contributed by atoms with Crippen LogP contribution in [-0.4, -0.2) is 32.2 Å². The van der Waals surface area contributed by atoms with E-state index >= 15 is 0 Å². The number of aromatic nitrogens is 4. The Morgan fingerprint density at radius 2 is 2.32 bits per heavy atom. The molecule has 120 valence electrons. The fourth-order valence-electron chi connectivity index (χ4n) is 2.77. The van der Waals surface area contributed by atoms with Gasteiger partial charge >= 0.3 is 6.01 Å². The van der Waals surface area contributed by atoms with Crippen LogP contribution in [0, 0.1) is 0 Å². The van der Waals surface area contributed by atoms with Crippen LogP contribution in [0.2, 0.25) is 0 Å². The van der Waals surface area contributed by atoms with Gasteiger partial charge in [0.05, 0.1) is 12.4 Å². The van der Waals surface area contributed by atoms with Gasteiger partial charge in [-0.15, -0.1) is 0 Å². The Hall–Kier alpha value is -1.89. The lowest BCUT2D eigenvalue weighted by atomic mass is 10.2. The minimum absolute atomic E-state index is 0.0334. The number of fused-ring (bicyclic) bond motifs is 1. The number of nitrogens with zero attached hydrogens (tertiary/aromatic N) is 4. The fraction of sp³-hybridized carbons (Fsp3) is 0.667. The average molecular weight is 305 g/mol. The molecule has 22 heavy (non-hydrogen) atoms. The number of nitrogen functional groups attached to an aromatic ring is 1. The lowest BCUT2D eigenvalue weighted by Crippen LogP contribution is -2.18. The number of hydrogen-bond acceptors (Lipinski definition) is 6. The molecule has 1 fully saturated rings. The van der Waals surface area contributed by atoms with E-state index in [-0.39, 0.29) is 12.3 Å². The molecular weight excluding hydrogens is 282 g/mol. The summed E-state index contributed by atoms with van der Waals surface area (Å²) < 4.78 is 13.5. The van der Waals surface area contributed by atoms with Crippen LogP contribution in [0.5, 0.6) is 6.01 Å². The summed E-state index contributed by atoms with van der Waals surface area (Å²) in [5, 5.41) is 0. The molecule has 3 rings (SSSR count). The minimum Gasteiger partial charge on any atom is -0.460 e. The molecule has 0 aromatic carbocycles. The van der Waals surface area contributed by atoms with Crippen LogP contribution < -0.4 is 10.5 Å². The molecule has 2 aromatic rings. The quantitative estimate of drug-likeness (QED) is 0.913. The maximum absolute atomic E-state index is 6.00. The predicted molar refractivity (Wildman–Crippen MR) is 83.6 cm³/mol. The van der Waals surface area contributed by atoms with Crippen LogP contribution in [0.3, 0.4) is 0 Å². The first-order valence-electron chi connectivity index (χ1n) is 7.97. The van der Waals surface area contributed by atoms with E-state index < -0.39 is 0 Å². The van der Waals surface area contributed by atoms with Gasteiger partial charge in [0.2, 0.25) is 0 Å². The Morgan fingerprint density at radius 1 is 1.45 bits per heavy atom. The van der Waals surface area contributed by atoms with Crippen LogP contribution in [0.1, 0.15) is 52.2 Å². The highest BCUT2D eigenvalue weighted by Crippen LogP contribution is 2.28. The molecule has 0 aliphatic carbocycles. The first kappa shape index (κ1) is 15.0. The van der Waals surface area contributed by atoms with Gasteiger partial charge in [-0.2, -0.15) is 9.97 Å². The molecule has 0 spiro atoms. The van der Waals surface area contributed by atoms with E-state index in [1.54, 1.807) is 6.33 Å². The summed E-state index contributed by atoms with van der Waals surface area (Å²) in [5.74, 6) is 0.346. The van der Waals surface area contributed by atoms with E-state index in [0.717, 1.165) is 38.7 Å². The van der Waals surface area contributed by atoms with Crippen molar-refractivity contribution in [1.29, 1.82) is 0 Å². The molecule has 7 heteroatoms. The van der Waals surface area contributed by atoms with Crippen LogP contribution in [-0.2, 0) is 4.74 Å². The highest BCUT2D eigenvalue weighted by Gasteiger charge is 2.21. The first-order chi connectivity index (χ1) is 10.7. The Balaban J connectivity index is 1.92. The number of imidazole rings is 1. The van der Waals surface area contributed by atoms with Crippen molar-refractivity contribution in [2.45, 2.75) is 58.3 Å². The van der Waals surface area contributed by atoms with Gasteiger partial charge in [0.15, 0.2) is 17.0 Å². The van der Waals surface area contributed by atoms with E-state index in [1.165, 1.54) is 0 Å². The number of ether oxygens (including phenoxy) is 2. The molecule has 1 aliphatic rings. The van der Waals surface area contributed by atoms with Gasteiger partial charge in [-0.3, -0.25) is 4.57 Å². The van der Waals surface area contributed by atoms with Crippen LogP contribution in [0.25, 0.3) is 11.2 Å². The molecule has 2 aromatic heterocycles. The largest absolute Gasteiger partial charge is 0.460 e. The average Bonchev–Trinajstić information content (AvgIpc) is 2.92. The molecule has 3 heterocycles. The number of rotatable bonds is 5. The third-order valence-corrected chi connectivity index (χ3v) is 3.90. The van der Waals surface area contributed by atoms with Gasteiger partial charge < -0.3 is 15.2 Å². The summed E-state index contributed by atoms with van der Waals surface area (Å²) in [6.45, 7) is 4.89. The molecule has 1 saturated heterocycles. The number of hydrogen-bond donors (Lipinski definition) is 1. The summed E-state index contributed by atoms with van der Waals surface area (Å²) >= 11 is 0. The first-order valence-corrected chi connectivity index (χ1v) is 7.97. The summed E-state index contributed by atoms with van der Waals surface area (Å²) in [6.07, 6.45) is 6.95. The molecule has 2 unspecified atom stereocenters. The second kappa shape index (κ2) is 6.48. The van der Waals surface area contributed by atoms with Crippen LogP contribution in [0.15, 0.2) is 6.33 Å². The van der Waals surface area contributed by atoms with Crippen molar-refractivity contribution in [3.05, 3.63) is 6.33 Å². The van der Waals surface area contributed by atoms with E-state index in [0.29, 0.717) is 23.0 Å². The lowest BCUT2D eigenvalue weighted by molar-refractivity contribution is -0.0298. The Bertz CT molecular complexity index is 636. The zero-order valence-electron chi connectivity index (χ0n) is 13.2. The van der Waals surface area contributed by atoms with Gasteiger partial charge in [-0.1, -0.05) is 13.3 Å². The third-order valence-electron chi connectivity index (χ3n) is 3.90. The molecular formula is C15H23N5O2. The molecule has 0 bridgehead atoms. The number of nitrogens with two attached hydrogens (primary N) is 1. The van der Waals surface area contributed by atoms with Crippen molar-refractivity contribution in [2.24, 2.45) is 0 Å². The highest BCUT2D eigenvalue weighted by atomic mass is 16.5. The van der Waals surface area contributed by atoms with Crippen molar-refractivity contribution in [1.82, 2.24) is 19.5 Å². The minimum atomic E-state index is -0.0334. The normalized spacial score (nSPS) is 20.2. The number of anilines is 1. The van der Waals surface area contributed by atoms with E-state index in [1.807, 2.05) is 11.5 Å². The topological polar surface area (TPSA) is 88.1 Å². The van der Waals surface area contributed by atoms with Gasteiger partial charge in [0.25, 0.3) is 0 Å². The van der Waals surface area contributed by atoms with Gasteiger partial charge in [0.1, 0.15) is 6.23 Å². The second-order valence-electron chi connectivity index (χ2n) is 5.75. The standard InChI is InChI=1S/C15H23N5O2/c1-3-6-10(2)22-15-18-13(16)12-14(19-15)20(9-17-12)11-7-4-5-8-21-11/h9-11H,3-8H2,1-2H3,(H2,16,18,19). The molecule has 0 amide bonds. The van der Waals surface area contributed by atoms with Crippen LogP contribution in [0.4, 0.5) is 5.82 Å². The maximum atomic E-state index is 6.00. The van der Waals surface area contributed by atoms with Gasteiger partial charge in [0, 0.05) is 6.61 Å². The second-order valence-corrected chi connectivity index (χ2v) is 5.75. The fourth-order valence-corrected chi connectivity index (χ4v) is 2.77. The monoisotopic (exact) mass is 305 g/mol. The zero-order chi connectivity index (χ0) is 15.5. The van der Waals surface area contributed by atoms with Crippen molar-refractivity contribution in [2.75, 3.05) is 12.3 Å². The van der Waals surface area contributed by atoms with Crippen molar-refractivity contribution in [3.8, 4) is 6.01 Å². The summed E-state index contributed by atoms with van der Waals surface area (Å²) in [6, 6.07) is 0.309. The van der Waals surface area contributed by atoms with Crippen molar-refractivity contribution in [3.63, 3.8) is 0 Å². The Morgan fingerprint density at radius 3 is 3.05 bits per heavy atom. The van der Waals surface area contributed by atoms with E-state index in [2.05, 4.69) is 21.9 Å². The maximum Gasteiger partial charge on any atom is 0.320 e. The Labute approximate surface area is 129 Å². The summed E-state index contributed by atoms with van der Waals surface area (Å²) in [4.78, 5) is 13.0. The van der Waals surface area contributed by atoms with Crippen LogP contribution >= 0.6 is 0 Å². The lowest BCUT2D eigenvalue weighted by Gasteiger charge is -2.23. The van der Waals surface area contributed by atoms with Crippen molar-refractivity contribution >= 4 is 17.0 Å². The molecule has 1 aliphatic heterocycles. The predicted octanol–water partition coefficient (Wildman–Crippen LogP) is 2.68. The smallest absolute Gasteiger partial charge is 0.320 e. The molecule has 0 radical (unpaired) electrons. The SMILES string of the molecule is CCCC(C)Oc1nc(N)c2ncn(C3CCCCO3)c2n1. The molecule has 7 nitrogen and oxygen atoms in total. The Kier molecular flexibility index (Phi) is 4.42. The molecule has 0 saturated carbocycles. The van der Waals surface area contributed by atoms with Crippen molar-refractivity contribution < 1.29 is 9.47 Å². The van der Waals surface area contributed by atoms with Gasteiger partial charge in [-0.25, -0.2) is 4.98 Å². The summed E-state index contributed by atoms with van der Waals surface area (Å²) in [5.41, 5.74) is 7.28. The van der Waals surface area contributed by atoms with E-state index in [4.69, 9.17) is 15.2 Å². The zero-order valence-corrected chi connectivity index (χ0v) is 13.2. The molecule has 2 N–H and O–H groups in total. The summed E-state index contributed by atoms with van der Waals surface area (Å²) in [7, 11) is 0. The van der Waals surface area contributed by atoms with E-state index in [9.17, 15) is 0 Å². The van der Waals surface area contributed by atoms with Gasteiger partial charge in [-0.05, 0) is 32.6 Å². The highest BCUT2D eigenvalue weighted by molar-refractivity contribution is 5.81. The molecule has 2 atom stereocenters.